The van der Waals surface area contributed by atoms with Crippen LogP contribution in [0.5, 0.6) is 0 Å². The molecule has 0 bridgehead atoms. The Bertz CT molecular complexity index is 682. The smallest absolute Gasteiger partial charge is 0.279 e. The van der Waals surface area contributed by atoms with Gasteiger partial charge in [0.25, 0.3) is 5.91 Å². The van der Waals surface area contributed by atoms with Crippen LogP contribution < -0.4 is 15.1 Å². The number of carbonyl (C=O) groups excluding carboxylic acids is 1. The first kappa shape index (κ1) is 19.9. The molecule has 1 amide bonds. The van der Waals surface area contributed by atoms with Gasteiger partial charge in [0.1, 0.15) is 38.3 Å². The van der Waals surface area contributed by atoms with Gasteiger partial charge in [-0.25, -0.2) is 0 Å². The van der Waals surface area contributed by atoms with E-state index < -0.39 is 5.54 Å². The Morgan fingerprint density at radius 3 is 2.48 bits per heavy atom. The van der Waals surface area contributed by atoms with Gasteiger partial charge in [0.05, 0.1) is 6.07 Å². The van der Waals surface area contributed by atoms with E-state index in [1.807, 2.05) is 6.92 Å². The summed E-state index contributed by atoms with van der Waals surface area (Å²) in [5, 5.41) is 12.7. The number of quaternary nitrogens is 2. The molecule has 1 aliphatic heterocycles. The largest absolute Gasteiger partial charge is 0.333 e. The predicted molar refractivity (Wildman–Crippen MR) is 105 cm³/mol. The maximum atomic E-state index is 12.8. The Morgan fingerprint density at radius 2 is 1.85 bits per heavy atom. The molecule has 3 N–H and O–H groups in total. The lowest BCUT2D eigenvalue weighted by Crippen LogP contribution is -3.29. The summed E-state index contributed by atoms with van der Waals surface area (Å²) in [5.74, 6) is 0.0517. The summed E-state index contributed by atoms with van der Waals surface area (Å²) in [5.41, 5.74) is 2.16. The number of carbonyl (C=O) groups is 1. The molecule has 2 fully saturated rings. The number of nitrogens with one attached hydrogen (secondary N) is 3. The molecule has 146 valence electrons. The van der Waals surface area contributed by atoms with E-state index in [0.717, 1.165) is 58.4 Å². The molecule has 0 spiro atoms. The van der Waals surface area contributed by atoms with Gasteiger partial charge in [0.15, 0.2) is 6.04 Å². The molecule has 1 aliphatic carbocycles. The third kappa shape index (κ3) is 4.88. The first-order chi connectivity index (χ1) is 13.0. The van der Waals surface area contributed by atoms with Gasteiger partial charge in [0, 0.05) is 5.56 Å². The lowest BCUT2D eigenvalue weighted by Gasteiger charge is -2.36. The quantitative estimate of drug-likeness (QED) is 0.684. The summed E-state index contributed by atoms with van der Waals surface area (Å²) in [6, 6.07) is 10.9. The van der Waals surface area contributed by atoms with Crippen molar-refractivity contribution in [3.63, 3.8) is 0 Å². The molecule has 3 rings (SSSR count). The van der Waals surface area contributed by atoms with Gasteiger partial charge in [0.2, 0.25) is 0 Å². The molecule has 1 heterocycles. The van der Waals surface area contributed by atoms with Crippen LogP contribution in [0.1, 0.15) is 50.2 Å². The van der Waals surface area contributed by atoms with Crippen LogP contribution in [0.4, 0.5) is 0 Å². The van der Waals surface area contributed by atoms with Crippen molar-refractivity contribution in [1.82, 2.24) is 5.32 Å². The van der Waals surface area contributed by atoms with Crippen LogP contribution in [0, 0.1) is 18.3 Å². The fraction of sp³-hybridized carbons (Fsp3) is 0.636. The molecule has 5 nitrogen and oxygen atoms in total. The molecule has 0 radical (unpaired) electrons. The number of amides is 1. The van der Waals surface area contributed by atoms with Gasteiger partial charge < -0.3 is 15.1 Å². The number of nitrogens with zero attached hydrogens (tertiary/aromatic N) is 1. The van der Waals surface area contributed by atoms with Gasteiger partial charge in [-0.1, -0.05) is 43.5 Å². The predicted octanol–water partition coefficient (Wildman–Crippen LogP) is 0.00960. The number of benzene rings is 1. The van der Waals surface area contributed by atoms with E-state index in [1.54, 1.807) is 4.90 Å². The first-order valence-electron chi connectivity index (χ1n) is 10.5. The van der Waals surface area contributed by atoms with Gasteiger partial charge >= 0.3 is 0 Å². The van der Waals surface area contributed by atoms with Crippen molar-refractivity contribution in [2.45, 2.75) is 64.1 Å². The highest BCUT2D eigenvalue weighted by Crippen LogP contribution is 2.27. The summed E-state index contributed by atoms with van der Waals surface area (Å²) in [7, 11) is 0. The number of hydrogen-bond acceptors (Lipinski definition) is 2. The number of nitriles is 1. The molecular formula is C22H34N4O+2. The van der Waals surface area contributed by atoms with Gasteiger partial charge in [-0.15, -0.1) is 0 Å². The Morgan fingerprint density at radius 1 is 1.19 bits per heavy atom. The lowest BCUT2D eigenvalue weighted by atomic mass is 9.82. The Balaban J connectivity index is 1.50. The van der Waals surface area contributed by atoms with Gasteiger partial charge in [-0.2, -0.15) is 5.26 Å². The summed E-state index contributed by atoms with van der Waals surface area (Å²) >= 11 is 0. The maximum absolute atomic E-state index is 12.8. The molecule has 1 saturated heterocycles. The zero-order valence-corrected chi connectivity index (χ0v) is 16.8. The second-order valence-electron chi connectivity index (χ2n) is 8.48. The third-order valence-corrected chi connectivity index (χ3v) is 6.59. The van der Waals surface area contributed by atoms with Crippen molar-refractivity contribution in [2.75, 3.05) is 26.2 Å². The molecular weight excluding hydrogens is 336 g/mol. The Hall–Kier alpha value is -1.90. The zero-order valence-electron chi connectivity index (χ0n) is 16.8. The molecule has 1 atom stereocenters. The molecule has 0 unspecified atom stereocenters. The number of aryl methyl sites for hydroxylation is 1. The minimum atomic E-state index is -0.624. The zero-order chi connectivity index (χ0) is 19.3. The minimum absolute atomic E-state index is 0.0517. The van der Waals surface area contributed by atoms with Gasteiger partial charge in [-0.05, 0) is 32.3 Å². The molecule has 27 heavy (non-hydrogen) atoms. The van der Waals surface area contributed by atoms with E-state index in [9.17, 15) is 10.1 Å². The van der Waals surface area contributed by atoms with Crippen LogP contribution in [0.15, 0.2) is 24.3 Å². The summed E-state index contributed by atoms with van der Waals surface area (Å²) < 4.78 is 0. The summed E-state index contributed by atoms with van der Waals surface area (Å²) in [6.45, 7) is 9.46. The van der Waals surface area contributed by atoms with Crippen LogP contribution in [-0.2, 0) is 11.3 Å². The highest BCUT2D eigenvalue weighted by Gasteiger charge is 2.38. The molecule has 0 aromatic heterocycles. The maximum Gasteiger partial charge on any atom is 0.279 e. The topological polar surface area (TPSA) is 61.8 Å². The number of hydrogen-bond donors (Lipinski definition) is 3. The SMILES string of the molecule is Cc1ccccc1C[NH+]1CC[NH+]([C@H](C)C(=O)NC2(C#N)CCCCC2)CC1. The van der Waals surface area contributed by atoms with Crippen LogP contribution in [0.25, 0.3) is 0 Å². The Labute approximate surface area is 163 Å². The van der Waals surface area contributed by atoms with Crippen LogP contribution in [0.2, 0.25) is 0 Å². The molecule has 1 saturated carbocycles. The van der Waals surface area contributed by atoms with Crippen LogP contribution >= 0.6 is 0 Å². The van der Waals surface area contributed by atoms with E-state index in [-0.39, 0.29) is 11.9 Å². The minimum Gasteiger partial charge on any atom is -0.333 e. The van der Waals surface area contributed by atoms with Crippen molar-refractivity contribution in [2.24, 2.45) is 0 Å². The highest BCUT2D eigenvalue weighted by atomic mass is 16.2. The van der Waals surface area contributed by atoms with E-state index >= 15 is 0 Å². The Kier molecular flexibility index (Phi) is 6.51. The number of rotatable bonds is 5. The highest BCUT2D eigenvalue weighted by molar-refractivity contribution is 5.81. The lowest BCUT2D eigenvalue weighted by molar-refractivity contribution is -1.02. The molecule has 1 aromatic rings. The average molecular weight is 371 g/mol. The van der Waals surface area contributed by atoms with Crippen molar-refractivity contribution in [1.29, 1.82) is 5.26 Å². The van der Waals surface area contributed by atoms with Crippen molar-refractivity contribution in [3.8, 4) is 6.07 Å². The number of piperazine rings is 1. The first-order valence-corrected chi connectivity index (χ1v) is 10.5. The fourth-order valence-corrected chi connectivity index (χ4v) is 4.56. The van der Waals surface area contributed by atoms with E-state index in [4.69, 9.17) is 0 Å². The van der Waals surface area contributed by atoms with Gasteiger partial charge in [-0.3, -0.25) is 4.79 Å². The van der Waals surface area contributed by atoms with E-state index in [2.05, 4.69) is 42.6 Å². The monoisotopic (exact) mass is 370 g/mol. The second kappa shape index (κ2) is 8.86. The molecule has 5 heteroatoms. The standard InChI is InChI=1S/C22H32N4O/c1-18-8-4-5-9-20(18)16-25-12-14-26(15-13-25)19(2)21(27)24-22(17-23)10-6-3-7-11-22/h4-5,8-9,19H,3,6-7,10-16H2,1-2H3,(H,24,27)/p+2/t19-/m1/s1. The summed E-state index contributed by atoms with van der Waals surface area (Å²) in [6.07, 6.45) is 4.84. The average Bonchev–Trinajstić information content (AvgIpc) is 2.70. The second-order valence-corrected chi connectivity index (χ2v) is 8.48. The molecule has 1 aromatic carbocycles. The van der Waals surface area contributed by atoms with Crippen molar-refractivity contribution in [3.05, 3.63) is 35.4 Å². The normalized spacial score (nSPS) is 26.0. The molecule has 2 aliphatic rings. The van der Waals surface area contributed by atoms with Crippen molar-refractivity contribution >= 4 is 5.91 Å². The van der Waals surface area contributed by atoms with Crippen LogP contribution in [0.3, 0.4) is 0 Å². The van der Waals surface area contributed by atoms with Crippen molar-refractivity contribution < 1.29 is 14.6 Å². The third-order valence-electron chi connectivity index (χ3n) is 6.59. The fourth-order valence-electron chi connectivity index (χ4n) is 4.56. The van der Waals surface area contributed by atoms with Crippen LogP contribution in [-0.4, -0.2) is 43.7 Å². The van der Waals surface area contributed by atoms with E-state index in [1.165, 1.54) is 22.4 Å². The summed E-state index contributed by atoms with van der Waals surface area (Å²) in [4.78, 5) is 15.8. The van der Waals surface area contributed by atoms with E-state index in [0.29, 0.717) is 0 Å².